The maximum Gasteiger partial charge on any atom is 0.314 e. The lowest BCUT2D eigenvalue weighted by molar-refractivity contribution is -0.172. The van der Waals surface area contributed by atoms with Crippen molar-refractivity contribution in [3.63, 3.8) is 0 Å². The fraction of sp³-hybridized carbons (Fsp3) is 0.929. The Morgan fingerprint density at radius 3 is 2.68 bits per heavy atom. The summed E-state index contributed by atoms with van der Waals surface area (Å²) in [6.07, 6.45) is 5.06. The summed E-state index contributed by atoms with van der Waals surface area (Å²) in [5, 5.41) is 9.77. The number of rotatable bonds is 2. The van der Waals surface area contributed by atoms with Gasteiger partial charge in [-0.05, 0) is 50.0 Å². The summed E-state index contributed by atoms with van der Waals surface area (Å²) in [5.41, 5.74) is -1.43. The number of esters is 1. The molecule has 1 saturated carbocycles. The highest BCUT2D eigenvalue weighted by molar-refractivity contribution is 7.99. The van der Waals surface area contributed by atoms with Crippen molar-refractivity contribution in [1.82, 2.24) is 0 Å². The summed E-state index contributed by atoms with van der Waals surface area (Å²) < 4.78 is 11.5. The molecule has 0 aromatic heterocycles. The number of hydrogen-bond donors (Lipinski definition) is 1. The largest absolute Gasteiger partial charge is 0.469 e. The Labute approximate surface area is 118 Å². The third-order valence-electron chi connectivity index (χ3n) is 5.31. The number of aliphatic hydroxyl groups excluding tert-OH is 1. The Hall–Kier alpha value is -0.260. The summed E-state index contributed by atoms with van der Waals surface area (Å²) >= 11 is 1.92. The van der Waals surface area contributed by atoms with Gasteiger partial charge in [0.2, 0.25) is 0 Å². The van der Waals surface area contributed by atoms with E-state index < -0.39 is 16.6 Å². The van der Waals surface area contributed by atoms with Gasteiger partial charge in [-0.2, -0.15) is 11.8 Å². The van der Waals surface area contributed by atoms with E-state index in [4.69, 9.17) is 9.47 Å². The van der Waals surface area contributed by atoms with Crippen molar-refractivity contribution in [2.45, 2.75) is 49.7 Å². The van der Waals surface area contributed by atoms with E-state index in [-0.39, 0.29) is 12.6 Å². The van der Waals surface area contributed by atoms with Crippen LogP contribution in [0.3, 0.4) is 0 Å². The van der Waals surface area contributed by atoms with Crippen LogP contribution in [0, 0.1) is 5.41 Å². The SMILES string of the molecule is COC(=O)[C@]12CCC[C@](CO)(C1)OC21CCSCC1. The lowest BCUT2D eigenvalue weighted by Gasteiger charge is -2.44. The molecule has 0 unspecified atom stereocenters. The summed E-state index contributed by atoms with van der Waals surface area (Å²) in [6, 6.07) is 0. The average Bonchev–Trinajstić information content (AvgIpc) is 2.65. The van der Waals surface area contributed by atoms with Crippen LogP contribution in [0.1, 0.15) is 38.5 Å². The molecule has 5 heteroatoms. The van der Waals surface area contributed by atoms with Crippen molar-refractivity contribution >= 4 is 17.7 Å². The number of methoxy groups -OCH3 is 1. The summed E-state index contributed by atoms with van der Waals surface area (Å²) in [5.74, 6) is 1.93. The molecule has 2 aliphatic heterocycles. The monoisotopic (exact) mass is 286 g/mol. The van der Waals surface area contributed by atoms with Gasteiger partial charge in [0.05, 0.1) is 30.3 Å². The topological polar surface area (TPSA) is 55.8 Å². The zero-order chi connectivity index (χ0) is 13.6. The van der Waals surface area contributed by atoms with Crippen molar-refractivity contribution in [3.8, 4) is 0 Å². The van der Waals surface area contributed by atoms with Crippen LogP contribution in [-0.2, 0) is 14.3 Å². The lowest BCUT2D eigenvalue weighted by atomic mass is 9.61. The highest BCUT2D eigenvalue weighted by atomic mass is 32.2. The first-order valence-electron chi connectivity index (χ1n) is 7.09. The molecular weight excluding hydrogens is 264 g/mol. The highest BCUT2D eigenvalue weighted by Crippen LogP contribution is 2.63. The van der Waals surface area contributed by atoms with Crippen molar-refractivity contribution in [2.24, 2.45) is 5.41 Å². The minimum Gasteiger partial charge on any atom is -0.469 e. The second-order valence-electron chi connectivity index (χ2n) is 6.15. The quantitative estimate of drug-likeness (QED) is 0.784. The van der Waals surface area contributed by atoms with E-state index in [1.165, 1.54) is 7.11 Å². The molecule has 1 spiro atoms. The van der Waals surface area contributed by atoms with Gasteiger partial charge in [-0.3, -0.25) is 4.79 Å². The second kappa shape index (κ2) is 4.64. The second-order valence-corrected chi connectivity index (χ2v) is 7.38. The van der Waals surface area contributed by atoms with E-state index in [1.807, 2.05) is 11.8 Å². The van der Waals surface area contributed by atoms with Gasteiger partial charge >= 0.3 is 5.97 Å². The fourth-order valence-corrected chi connectivity index (χ4v) is 5.58. The highest BCUT2D eigenvalue weighted by Gasteiger charge is 2.69. The molecule has 1 aliphatic carbocycles. The molecule has 4 nitrogen and oxygen atoms in total. The predicted molar refractivity (Wildman–Crippen MR) is 73.1 cm³/mol. The zero-order valence-corrected chi connectivity index (χ0v) is 12.3. The fourth-order valence-electron chi connectivity index (χ4n) is 4.43. The van der Waals surface area contributed by atoms with E-state index >= 15 is 0 Å². The van der Waals surface area contributed by atoms with Crippen LogP contribution < -0.4 is 0 Å². The molecular formula is C14H22O4S. The van der Waals surface area contributed by atoms with E-state index in [9.17, 15) is 9.90 Å². The molecule has 0 aromatic carbocycles. The van der Waals surface area contributed by atoms with Gasteiger partial charge < -0.3 is 14.6 Å². The van der Waals surface area contributed by atoms with Crippen LogP contribution in [0.2, 0.25) is 0 Å². The molecule has 2 saturated heterocycles. The van der Waals surface area contributed by atoms with Crippen molar-refractivity contribution in [3.05, 3.63) is 0 Å². The minimum absolute atomic E-state index is 0.0145. The lowest BCUT2D eigenvalue weighted by Crippen LogP contribution is -2.52. The van der Waals surface area contributed by atoms with Gasteiger partial charge in [0.25, 0.3) is 0 Å². The Balaban J connectivity index is 2.03. The zero-order valence-electron chi connectivity index (χ0n) is 11.4. The molecule has 108 valence electrons. The molecule has 2 heterocycles. The van der Waals surface area contributed by atoms with E-state index in [0.717, 1.165) is 43.6 Å². The van der Waals surface area contributed by atoms with Crippen molar-refractivity contribution in [1.29, 1.82) is 0 Å². The number of carbonyl (C=O) groups is 1. The maximum absolute atomic E-state index is 12.5. The van der Waals surface area contributed by atoms with Gasteiger partial charge in [-0.25, -0.2) is 0 Å². The molecule has 0 amide bonds. The number of hydrogen-bond acceptors (Lipinski definition) is 5. The van der Waals surface area contributed by atoms with Gasteiger partial charge in [-0.1, -0.05) is 0 Å². The van der Waals surface area contributed by atoms with Gasteiger partial charge in [-0.15, -0.1) is 0 Å². The number of aliphatic hydroxyl groups is 1. The molecule has 19 heavy (non-hydrogen) atoms. The normalized spacial score (nSPS) is 40.3. The van der Waals surface area contributed by atoms with Crippen molar-refractivity contribution in [2.75, 3.05) is 25.2 Å². The van der Waals surface area contributed by atoms with Crippen LogP contribution in [0.5, 0.6) is 0 Å². The Kier molecular flexibility index (Phi) is 3.35. The van der Waals surface area contributed by atoms with Crippen molar-refractivity contribution < 1.29 is 19.4 Å². The number of thioether (sulfide) groups is 1. The van der Waals surface area contributed by atoms with E-state index in [0.29, 0.717) is 6.42 Å². The molecule has 0 aromatic rings. The molecule has 2 bridgehead atoms. The predicted octanol–water partition coefficient (Wildman–Crippen LogP) is 1.75. The summed E-state index contributed by atoms with van der Waals surface area (Å²) in [4.78, 5) is 12.5. The summed E-state index contributed by atoms with van der Waals surface area (Å²) in [6.45, 7) is 0.0145. The van der Waals surface area contributed by atoms with Gasteiger partial charge in [0.1, 0.15) is 0 Å². The van der Waals surface area contributed by atoms with Crippen LogP contribution in [0.15, 0.2) is 0 Å². The molecule has 3 fully saturated rings. The molecule has 0 radical (unpaired) electrons. The van der Waals surface area contributed by atoms with Crippen LogP contribution in [0.25, 0.3) is 0 Å². The van der Waals surface area contributed by atoms with Crippen LogP contribution in [-0.4, -0.2) is 47.5 Å². The Morgan fingerprint density at radius 2 is 2.05 bits per heavy atom. The molecule has 3 rings (SSSR count). The van der Waals surface area contributed by atoms with E-state index in [2.05, 4.69) is 0 Å². The molecule has 1 N–H and O–H groups in total. The van der Waals surface area contributed by atoms with Crippen LogP contribution in [0.4, 0.5) is 0 Å². The first kappa shape index (κ1) is 13.7. The van der Waals surface area contributed by atoms with Crippen LogP contribution >= 0.6 is 11.8 Å². The Bertz CT molecular complexity index is 380. The first-order chi connectivity index (χ1) is 9.12. The maximum atomic E-state index is 12.5. The third kappa shape index (κ3) is 1.78. The number of ether oxygens (including phenoxy) is 2. The smallest absolute Gasteiger partial charge is 0.314 e. The molecule has 2 atom stereocenters. The summed E-state index contributed by atoms with van der Waals surface area (Å²) in [7, 11) is 1.47. The molecule has 3 aliphatic rings. The average molecular weight is 286 g/mol. The van der Waals surface area contributed by atoms with Gasteiger partial charge in [0, 0.05) is 0 Å². The Morgan fingerprint density at radius 1 is 1.32 bits per heavy atom. The standard InChI is InChI=1S/C14H22O4S/c1-17-11(16)13-4-2-3-12(9-13,10-15)18-14(13)5-7-19-8-6-14/h15H,2-10H2,1H3/t12-,13+/m1/s1. The minimum atomic E-state index is -0.524. The first-order valence-corrected chi connectivity index (χ1v) is 8.25. The number of carbonyl (C=O) groups excluding carboxylic acids is 1. The third-order valence-corrected chi connectivity index (χ3v) is 6.29. The van der Waals surface area contributed by atoms with Gasteiger partial charge in [0.15, 0.2) is 0 Å². The van der Waals surface area contributed by atoms with E-state index in [1.54, 1.807) is 0 Å². The number of fused-ring (bicyclic) bond motifs is 3.